The summed E-state index contributed by atoms with van der Waals surface area (Å²) < 4.78 is 11.3. The summed E-state index contributed by atoms with van der Waals surface area (Å²) in [6, 6.07) is 2.92. The van der Waals surface area contributed by atoms with Crippen LogP contribution in [-0.2, 0) is 9.47 Å². The number of aromatic nitrogens is 2. The van der Waals surface area contributed by atoms with Crippen molar-refractivity contribution in [2.24, 2.45) is 0 Å². The quantitative estimate of drug-likeness (QED) is 0.811. The lowest BCUT2D eigenvalue weighted by atomic mass is 10.1. The zero-order valence-electron chi connectivity index (χ0n) is 13.6. The molecule has 0 saturated carbocycles. The van der Waals surface area contributed by atoms with Gasteiger partial charge in [0.1, 0.15) is 11.5 Å². The number of aliphatic hydroxyl groups excluding tert-OH is 1. The Morgan fingerprint density at radius 1 is 1.38 bits per heavy atom. The number of hydrogen-bond donors (Lipinski definition) is 1. The molecule has 0 amide bonds. The average molecular weight is 333 g/mol. The van der Waals surface area contributed by atoms with Crippen molar-refractivity contribution in [3.05, 3.63) is 39.8 Å². The fourth-order valence-electron chi connectivity index (χ4n) is 2.71. The molecular weight excluding hydrogens is 314 g/mol. The summed E-state index contributed by atoms with van der Waals surface area (Å²) in [5.41, 5.74) is 0.579. The van der Waals surface area contributed by atoms with Crippen molar-refractivity contribution in [1.82, 2.24) is 9.38 Å². The van der Waals surface area contributed by atoms with Crippen LogP contribution in [0.1, 0.15) is 28.9 Å². The number of nitrogens with zero attached hydrogens (tertiary/aromatic N) is 3. The van der Waals surface area contributed by atoms with E-state index in [1.54, 1.807) is 6.92 Å². The lowest BCUT2D eigenvalue weighted by Crippen LogP contribution is -2.37. The van der Waals surface area contributed by atoms with E-state index in [4.69, 9.17) is 9.47 Å². The van der Waals surface area contributed by atoms with E-state index < -0.39 is 12.1 Å². The molecule has 2 aromatic heterocycles. The highest BCUT2D eigenvalue weighted by atomic mass is 16.5. The highest BCUT2D eigenvalue weighted by molar-refractivity contribution is 5.89. The fourth-order valence-corrected chi connectivity index (χ4v) is 2.71. The molecule has 0 bridgehead atoms. The number of fused-ring (bicyclic) bond motifs is 1. The van der Waals surface area contributed by atoms with Crippen LogP contribution in [0, 0.1) is 0 Å². The second kappa shape index (κ2) is 6.58. The fraction of sp³-hybridized carbons (Fsp3) is 0.438. The number of carbonyl (C=O) groups excluding carboxylic acids is 1. The first-order chi connectivity index (χ1) is 11.5. The van der Waals surface area contributed by atoms with Crippen LogP contribution >= 0.6 is 0 Å². The monoisotopic (exact) mass is 333 g/mol. The molecule has 1 aliphatic heterocycles. The minimum absolute atomic E-state index is 0.184. The van der Waals surface area contributed by atoms with Gasteiger partial charge in [-0.1, -0.05) is 0 Å². The lowest BCUT2D eigenvalue weighted by molar-refractivity contribution is 0.0600. The Balaban J connectivity index is 2.20. The van der Waals surface area contributed by atoms with Crippen LogP contribution in [0.15, 0.2) is 23.1 Å². The van der Waals surface area contributed by atoms with Crippen molar-refractivity contribution in [3.63, 3.8) is 0 Å². The summed E-state index contributed by atoms with van der Waals surface area (Å²) in [7, 11) is 1.26. The van der Waals surface area contributed by atoms with E-state index in [9.17, 15) is 14.7 Å². The Bertz CT molecular complexity index is 824. The molecule has 1 saturated heterocycles. The second-order valence-electron chi connectivity index (χ2n) is 5.60. The summed E-state index contributed by atoms with van der Waals surface area (Å²) in [5.74, 6) is -0.0426. The van der Waals surface area contributed by atoms with Gasteiger partial charge in [0.15, 0.2) is 0 Å². The van der Waals surface area contributed by atoms with Crippen LogP contribution in [-0.4, -0.2) is 53.9 Å². The van der Waals surface area contributed by atoms with Crippen LogP contribution in [0.3, 0.4) is 0 Å². The predicted octanol–water partition coefficient (Wildman–Crippen LogP) is 0.371. The standard InChI is InChI=1S/C16H19N3O5/c1-10(20)12-7-11(16(22)23-2)9-19-14(21)8-13(17-15(12)19)18-3-5-24-6-4-18/h7-10,20H,3-6H2,1-2H3. The summed E-state index contributed by atoms with van der Waals surface area (Å²) >= 11 is 0. The van der Waals surface area contributed by atoms with Gasteiger partial charge in [0.25, 0.3) is 5.56 Å². The second-order valence-corrected chi connectivity index (χ2v) is 5.60. The SMILES string of the molecule is COC(=O)c1cc(C(C)O)c2nc(N3CCOCC3)cc(=O)n2c1. The number of rotatable bonds is 3. The molecule has 2 aromatic rings. The molecule has 8 heteroatoms. The van der Waals surface area contributed by atoms with Gasteiger partial charge in [-0.2, -0.15) is 0 Å². The maximum Gasteiger partial charge on any atom is 0.339 e. The van der Waals surface area contributed by atoms with Crippen molar-refractivity contribution >= 4 is 17.4 Å². The van der Waals surface area contributed by atoms with E-state index in [0.717, 1.165) is 0 Å². The topological polar surface area (TPSA) is 93.4 Å². The van der Waals surface area contributed by atoms with E-state index in [0.29, 0.717) is 43.3 Å². The molecule has 0 spiro atoms. The van der Waals surface area contributed by atoms with Crippen molar-refractivity contribution in [1.29, 1.82) is 0 Å². The van der Waals surface area contributed by atoms with Crippen LogP contribution in [0.4, 0.5) is 5.82 Å². The van der Waals surface area contributed by atoms with Gasteiger partial charge in [0.05, 0.1) is 32.0 Å². The number of methoxy groups -OCH3 is 1. The van der Waals surface area contributed by atoms with Crippen molar-refractivity contribution in [3.8, 4) is 0 Å². The minimum atomic E-state index is -0.892. The third-order valence-corrected chi connectivity index (χ3v) is 3.98. The average Bonchev–Trinajstić information content (AvgIpc) is 2.60. The summed E-state index contributed by atoms with van der Waals surface area (Å²) in [5, 5.41) is 10.1. The van der Waals surface area contributed by atoms with Gasteiger partial charge in [0, 0.05) is 30.9 Å². The van der Waals surface area contributed by atoms with E-state index in [1.165, 1.54) is 29.8 Å². The van der Waals surface area contributed by atoms with E-state index in [2.05, 4.69) is 4.98 Å². The molecule has 0 aromatic carbocycles. The minimum Gasteiger partial charge on any atom is -0.465 e. The van der Waals surface area contributed by atoms with Gasteiger partial charge < -0.3 is 19.5 Å². The van der Waals surface area contributed by atoms with Crippen LogP contribution < -0.4 is 10.5 Å². The first-order valence-corrected chi connectivity index (χ1v) is 7.67. The Hall–Kier alpha value is -2.45. The Morgan fingerprint density at radius 2 is 2.08 bits per heavy atom. The highest BCUT2D eigenvalue weighted by Gasteiger charge is 2.19. The highest BCUT2D eigenvalue weighted by Crippen LogP contribution is 2.21. The maximum absolute atomic E-state index is 12.5. The van der Waals surface area contributed by atoms with Crippen molar-refractivity contribution in [2.45, 2.75) is 13.0 Å². The molecule has 24 heavy (non-hydrogen) atoms. The zero-order valence-corrected chi connectivity index (χ0v) is 13.6. The predicted molar refractivity (Wildman–Crippen MR) is 86.5 cm³/mol. The Morgan fingerprint density at radius 3 is 2.71 bits per heavy atom. The van der Waals surface area contributed by atoms with Gasteiger partial charge in [-0.15, -0.1) is 0 Å². The smallest absolute Gasteiger partial charge is 0.339 e. The number of aliphatic hydroxyl groups is 1. The molecule has 3 heterocycles. The Labute approximate surface area is 138 Å². The number of esters is 1. The largest absolute Gasteiger partial charge is 0.465 e. The number of hydrogen-bond acceptors (Lipinski definition) is 7. The van der Waals surface area contributed by atoms with E-state index in [1.807, 2.05) is 4.90 Å². The van der Waals surface area contributed by atoms with Gasteiger partial charge in [-0.05, 0) is 13.0 Å². The molecular formula is C16H19N3O5. The number of carbonyl (C=O) groups is 1. The van der Waals surface area contributed by atoms with E-state index >= 15 is 0 Å². The number of morpholine rings is 1. The third kappa shape index (κ3) is 2.98. The first-order valence-electron chi connectivity index (χ1n) is 7.67. The summed E-state index contributed by atoms with van der Waals surface area (Å²) in [6.45, 7) is 4.00. The molecule has 1 fully saturated rings. The van der Waals surface area contributed by atoms with Gasteiger partial charge in [-0.25, -0.2) is 9.78 Å². The molecule has 0 radical (unpaired) electrons. The van der Waals surface area contributed by atoms with Crippen LogP contribution in [0.25, 0.3) is 5.65 Å². The summed E-state index contributed by atoms with van der Waals surface area (Å²) in [6.07, 6.45) is 0.488. The van der Waals surface area contributed by atoms with Crippen LogP contribution in [0.2, 0.25) is 0 Å². The molecule has 1 atom stereocenters. The van der Waals surface area contributed by atoms with Crippen LogP contribution in [0.5, 0.6) is 0 Å². The van der Waals surface area contributed by atoms with Gasteiger partial charge in [-0.3, -0.25) is 9.20 Å². The molecule has 8 nitrogen and oxygen atoms in total. The van der Waals surface area contributed by atoms with Gasteiger partial charge >= 0.3 is 5.97 Å². The molecule has 1 N–H and O–H groups in total. The molecule has 1 aliphatic rings. The molecule has 1 unspecified atom stereocenters. The first kappa shape index (κ1) is 16.4. The molecule has 0 aliphatic carbocycles. The van der Waals surface area contributed by atoms with Crippen molar-refractivity contribution in [2.75, 3.05) is 38.3 Å². The summed E-state index contributed by atoms with van der Waals surface area (Å²) in [4.78, 5) is 30.8. The van der Waals surface area contributed by atoms with Gasteiger partial charge in [0.2, 0.25) is 0 Å². The normalized spacial score (nSPS) is 16.2. The third-order valence-electron chi connectivity index (χ3n) is 3.98. The molecule has 3 rings (SSSR count). The maximum atomic E-state index is 12.5. The molecule has 128 valence electrons. The Kier molecular flexibility index (Phi) is 4.50. The number of pyridine rings is 1. The number of anilines is 1. The lowest BCUT2D eigenvalue weighted by Gasteiger charge is -2.28. The number of ether oxygens (including phenoxy) is 2. The van der Waals surface area contributed by atoms with Crippen molar-refractivity contribution < 1.29 is 19.4 Å². The zero-order chi connectivity index (χ0) is 17.3. The van der Waals surface area contributed by atoms with E-state index in [-0.39, 0.29) is 11.1 Å².